The summed E-state index contributed by atoms with van der Waals surface area (Å²) < 4.78 is 0. The van der Waals surface area contributed by atoms with E-state index in [0.29, 0.717) is 17.8 Å². The van der Waals surface area contributed by atoms with Gasteiger partial charge in [0.2, 0.25) is 17.8 Å². The van der Waals surface area contributed by atoms with Gasteiger partial charge < -0.3 is 15.1 Å². The minimum atomic E-state index is 0.589. The number of rotatable bonds is 5. The van der Waals surface area contributed by atoms with Crippen LogP contribution in [0.3, 0.4) is 0 Å². The van der Waals surface area contributed by atoms with Gasteiger partial charge in [0.05, 0.1) is 0 Å². The highest BCUT2D eigenvalue weighted by atomic mass is 15.3. The van der Waals surface area contributed by atoms with E-state index >= 15 is 0 Å². The number of aryl methyl sites for hydroxylation is 1. The molecule has 6 heteroatoms. The van der Waals surface area contributed by atoms with Crippen molar-refractivity contribution in [3.63, 3.8) is 0 Å². The molecule has 1 heterocycles. The Morgan fingerprint density at radius 1 is 1.00 bits per heavy atom. The van der Waals surface area contributed by atoms with Crippen LogP contribution in [-0.4, -0.2) is 42.6 Å². The molecule has 6 nitrogen and oxygen atoms in total. The molecular weight excluding hydrogens is 264 g/mol. The Labute approximate surface area is 125 Å². The molecule has 0 saturated heterocycles. The maximum Gasteiger partial charge on any atom is 0.236 e. The molecule has 0 aliphatic carbocycles. The molecule has 2 aromatic rings. The van der Waals surface area contributed by atoms with Crippen LogP contribution in [0.15, 0.2) is 24.3 Å². The zero-order chi connectivity index (χ0) is 15.4. The van der Waals surface area contributed by atoms with Gasteiger partial charge in [0.15, 0.2) is 0 Å². The van der Waals surface area contributed by atoms with Gasteiger partial charge in [-0.15, -0.1) is 0 Å². The maximum atomic E-state index is 4.52. The van der Waals surface area contributed by atoms with E-state index in [2.05, 4.69) is 39.3 Å². The van der Waals surface area contributed by atoms with Crippen LogP contribution in [0.5, 0.6) is 0 Å². The monoisotopic (exact) mass is 286 g/mol. The Morgan fingerprint density at radius 2 is 1.67 bits per heavy atom. The largest absolute Gasteiger partial charge is 0.354 e. The van der Waals surface area contributed by atoms with E-state index in [1.807, 2.05) is 50.0 Å². The molecule has 21 heavy (non-hydrogen) atoms. The van der Waals surface area contributed by atoms with Gasteiger partial charge in [-0.05, 0) is 25.5 Å². The Balaban J connectivity index is 2.44. The number of hydrogen-bond acceptors (Lipinski definition) is 6. The fourth-order valence-electron chi connectivity index (χ4n) is 1.99. The first-order chi connectivity index (χ1) is 10.0. The average molecular weight is 286 g/mol. The number of hydrogen-bond donors (Lipinski definition) is 1. The Hall–Kier alpha value is -2.37. The molecule has 0 atom stereocenters. The van der Waals surface area contributed by atoms with Gasteiger partial charge in [-0.2, -0.15) is 15.0 Å². The number of nitrogens with one attached hydrogen (secondary N) is 1. The first-order valence-electron chi connectivity index (χ1n) is 6.99. The van der Waals surface area contributed by atoms with Crippen LogP contribution in [0.25, 0.3) is 0 Å². The summed E-state index contributed by atoms with van der Waals surface area (Å²) in [6.07, 6.45) is 0. The predicted octanol–water partition coefficient (Wildman–Crippen LogP) is 2.45. The summed E-state index contributed by atoms with van der Waals surface area (Å²) in [7, 11) is 5.80. The fraction of sp³-hybridized carbons (Fsp3) is 0.400. The lowest BCUT2D eigenvalue weighted by Gasteiger charge is -2.21. The van der Waals surface area contributed by atoms with E-state index in [1.165, 1.54) is 5.56 Å². The van der Waals surface area contributed by atoms with E-state index in [9.17, 15) is 0 Å². The van der Waals surface area contributed by atoms with Crippen molar-refractivity contribution in [2.24, 2.45) is 0 Å². The van der Waals surface area contributed by atoms with Crippen LogP contribution in [-0.2, 0) is 0 Å². The first-order valence-corrected chi connectivity index (χ1v) is 6.99. The van der Waals surface area contributed by atoms with Crippen molar-refractivity contribution in [2.75, 3.05) is 42.8 Å². The van der Waals surface area contributed by atoms with Crippen molar-refractivity contribution in [1.82, 2.24) is 15.0 Å². The molecule has 0 amide bonds. The number of para-hydroxylation sites is 1. The molecule has 0 saturated carbocycles. The van der Waals surface area contributed by atoms with E-state index < -0.39 is 0 Å². The quantitative estimate of drug-likeness (QED) is 0.911. The standard InChI is InChI=1S/C15H22N6/c1-6-16-13-17-14(20(3)4)19-15(18-13)21(5)12-10-8-7-9-11(12)2/h7-10H,6H2,1-5H3,(H,16,17,18,19). The smallest absolute Gasteiger partial charge is 0.236 e. The van der Waals surface area contributed by atoms with Crippen molar-refractivity contribution in [3.8, 4) is 0 Å². The van der Waals surface area contributed by atoms with Crippen LogP contribution < -0.4 is 15.1 Å². The molecule has 0 aliphatic heterocycles. The summed E-state index contributed by atoms with van der Waals surface area (Å²) in [5.41, 5.74) is 2.26. The van der Waals surface area contributed by atoms with E-state index in [4.69, 9.17) is 0 Å². The molecule has 1 N–H and O–H groups in total. The van der Waals surface area contributed by atoms with E-state index in [-0.39, 0.29) is 0 Å². The Bertz CT molecular complexity index is 611. The molecule has 1 aromatic carbocycles. The van der Waals surface area contributed by atoms with Gasteiger partial charge in [-0.25, -0.2) is 0 Å². The Morgan fingerprint density at radius 3 is 2.29 bits per heavy atom. The second-order valence-electron chi connectivity index (χ2n) is 5.03. The molecule has 1 aromatic heterocycles. The van der Waals surface area contributed by atoms with Gasteiger partial charge in [-0.1, -0.05) is 18.2 Å². The van der Waals surface area contributed by atoms with E-state index in [1.54, 1.807) is 0 Å². The topological polar surface area (TPSA) is 57.2 Å². The average Bonchev–Trinajstić information content (AvgIpc) is 2.47. The molecular formula is C15H22N6. The van der Waals surface area contributed by atoms with E-state index in [0.717, 1.165) is 12.2 Å². The highest BCUT2D eigenvalue weighted by molar-refractivity contribution is 5.62. The lowest BCUT2D eigenvalue weighted by molar-refractivity contribution is 0.924. The lowest BCUT2D eigenvalue weighted by atomic mass is 10.2. The summed E-state index contributed by atoms with van der Waals surface area (Å²) in [4.78, 5) is 17.2. The SMILES string of the molecule is CCNc1nc(N(C)C)nc(N(C)c2ccccc2C)n1. The van der Waals surface area contributed by atoms with Crippen LogP contribution in [0.4, 0.5) is 23.5 Å². The van der Waals surface area contributed by atoms with Crippen molar-refractivity contribution in [2.45, 2.75) is 13.8 Å². The number of aromatic nitrogens is 3. The van der Waals surface area contributed by atoms with Gasteiger partial charge >= 0.3 is 0 Å². The molecule has 0 bridgehead atoms. The zero-order valence-corrected chi connectivity index (χ0v) is 13.3. The van der Waals surface area contributed by atoms with Crippen molar-refractivity contribution >= 4 is 23.5 Å². The summed E-state index contributed by atoms with van der Waals surface area (Å²) >= 11 is 0. The zero-order valence-electron chi connectivity index (χ0n) is 13.3. The second kappa shape index (κ2) is 6.39. The molecule has 2 rings (SSSR count). The number of benzene rings is 1. The molecule has 0 aliphatic rings. The third kappa shape index (κ3) is 3.39. The molecule has 0 radical (unpaired) electrons. The Kier molecular flexibility index (Phi) is 4.57. The highest BCUT2D eigenvalue weighted by Crippen LogP contribution is 2.25. The lowest BCUT2D eigenvalue weighted by Crippen LogP contribution is -2.20. The second-order valence-corrected chi connectivity index (χ2v) is 5.03. The highest BCUT2D eigenvalue weighted by Gasteiger charge is 2.13. The summed E-state index contributed by atoms with van der Waals surface area (Å²) in [6, 6.07) is 8.17. The summed E-state index contributed by atoms with van der Waals surface area (Å²) in [6.45, 7) is 4.86. The molecule has 0 fully saturated rings. The summed E-state index contributed by atoms with van der Waals surface area (Å²) in [5, 5.41) is 3.15. The van der Waals surface area contributed by atoms with Crippen LogP contribution in [0, 0.1) is 6.92 Å². The number of anilines is 4. The molecule has 0 unspecified atom stereocenters. The van der Waals surface area contributed by atoms with Gasteiger partial charge in [0.25, 0.3) is 0 Å². The number of nitrogens with zero attached hydrogens (tertiary/aromatic N) is 5. The normalized spacial score (nSPS) is 10.3. The van der Waals surface area contributed by atoms with Gasteiger partial charge in [-0.3, -0.25) is 0 Å². The van der Waals surface area contributed by atoms with Gasteiger partial charge in [0, 0.05) is 33.4 Å². The van der Waals surface area contributed by atoms with Crippen LogP contribution in [0.2, 0.25) is 0 Å². The first kappa shape index (κ1) is 15.0. The predicted molar refractivity (Wildman–Crippen MR) is 87.6 cm³/mol. The third-order valence-corrected chi connectivity index (χ3v) is 3.12. The maximum absolute atomic E-state index is 4.52. The van der Waals surface area contributed by atoms with Crippen molar-refractivity contribution in [1.29, 1.82) is 0 Å². The van der Waals surface area contributed by atoms with Crippen LogP contribution >= 0.6 is 0 Å². The minimum Gasteiger partial charge on any atom is -0.354 e. The summed E-state index contributed by atoms with van der Waals surface area (Å²) in [5.74, 6) is 1.85. The van der Waals surface area contributed by atoms with Gasteiger partial charge in [0.1, 0.15) is 0 Å². The van der Waals surface area contributed by atoms with Crippen LogP contribution in [0.1, 0.15) is 12.5 Å². The fourth-order valence-corrected chi connectivity index (χ4v) is 1.99. The minimum absolute atomic E-state index is 0.589. The molecule has 112 valence electrons. The molecule has 0 spiro atoms. The van der Waals surface area contributed by atoms with Crippen molar-refractivity contribution < 1.29 is 0 Å². The van der Waals surface area contributed by atoms with Crippen molar-refractivity contribution in [3.05, 3.63) is 29.8 Å². The third-order valence-electron chi connectivity index (χ3n) is 3.12.